The van der Waals surface area contributed by atoms with Crippen molar-refractivity contribution in [3.05, 3.63) is 65.6 Å². The number of imidazole rings is 1. The van der Waals surface area contributed by atoms with Crippen molar-refractivity contribution in [2.24, 2.45) is 0 Å². The molecule has 3 aromatic rings. The van der Waals surface area contributed by atoms with Gasteiger partial charge in [-0.3, -0.25) is 9.20 Å². The monoisotopic (exact) mass is 426 g/mol. The summed E-state index contributed by atoms with van der Waals surface area (Å²) in [5.41, 5.74) is 2.30. The zero-order valence-corrected chi connectivity index (χ0v) is 17.0. The van der Waals surface area contributed by atoms with Gasteiger partial charge < -0.3 is 14.9 Å². The third kappa shape index (κ3) is 3.65. The highest BCUT2D eigenvalue weighted by atomic mass is 19.1. The number of carbonyl (C=O) groups is 1. The predicted octanol–water partition coefficient (Wildman–Crippen LogP) is 3.55. The molecule has 0 saturated carbocycles. The maximum Gasteiger partial charge on any atom is 0.272 e. The van der Waals surface area contributed by atoms with Gasteiger partial charge in [-0.1, -0.05) is 0 Å². The highest BCUT2D eigenvalue weighted by Gasteiger charge is 2.30. The number of nitrogens with zero attached hydrogens (tertiary/aromatic N) is 4. The van der Waals surface area contributed by atoms with Crippen LogP contribution in [0.4, 0.5) is 14.5 Å². The Morgan fingerprint density at radius 1 is 1.06 bits per heavy atom. The molecular weight excluding hydrogens is 402 g/mol. The lowest BCUT2D eigenvalue weighted by molar-refractivity contribution is 0.0540. The van der Waals surface area contributed by atoms with E-state index in [2.05, 4.69) is 9.88 Å². The van der Waals surface area contributed by atoms with E-state index in [-0.39, 0.29) is 18.1 Å². The number of rotatable bonds is 3. The minimum atomic E-state index is -0.451. The number of pyridine rings is 1. The number of likely N-dealkylation sites (tertiary alicyclic amines) is 1. The molecule has 2 aromatic heterocycles. The van der Waals surface area contributed by atoms with Crippen molar-refractivity contribution in [1.29, 1.82) is 0 Å². The van der Waals surface area contributed by atoms with Gasteiger partial charge in [0.2, 0.25) is 0 Å². The van der Waals surface area contributed by atoms with Gasteiger partial charge in [0.15, 0.2) is 0 Å². The molecule has 2 saturated heterocycles. The largest absolute Gasteiger partial charge is 0.393 e. The van der Waals surface area contributed by atoms with Gasteiger partial charge >= 0.3 is 0 Å². The van der Waals surface area contributed by atoms with Crippen molar-refractivity contribution >= 4 is 17.2 Å². The highest BCUT2D eigenvalue weighted by molar-refractivity contribution is 5.93. The van der Waals surface area contributed by atoms with Crippen LogP contribution in [0.3, 0.4) is 0 Å². The number of aliphatic hydroxyl groups is 1. The summed E-state index contributed by atoms with van der Waals surface area (Å²) in [7, 11) is 0. The number of carbonyl (C=O) groups excluding carboxylic acids is 1. The molecule has 0 radical (unpaired) electrons. The first kappa shape index (κ1) is 19.9. The second kappa shape index (κ2) is 7.92. The third-order valence-electron chi connectivity index (χ3n) is 6.36. The predicted molar refractivity (Wildman–Crippen MR) is 112 cm³/mol. The summed E-state index contributed by atoms with van der Waals surface area (Å²) in [6.45, 7) is 1.74. The number of hydrogen-bond donors (Lipinski definition) is 1. The summed E-state index contributed by atoms with van der Waals surface area (Å²) in [6, 6.07) is 7.06. The van der Waals surface area contributed by atoms with Gasteiger partial charge in [-0.15, -0.1) is 0 Å². The molecule has 6 nitrogen and oxygen atoms in total. The highest BCUT2D eigenvalue weighted by Crippen LogP contribution is 2.37. The first-order valence-corrected chi connectivity index (χ1v) is 10.7. The van der Waals surface area contributed by atoms with Gasteiger partial charge in [0.05, 0.1) is 24.0 Å². The number of anilines is 1. The lowest BCUT2D eigenvalue weighted by Gasteiger charge is -2.29. The Bertz CT molecular complexity index is 1120. The van der Waals surface area contributed by atoms with E-state index in [0.717, 1.165) is 24.6 Å². The maximum atomic E-state index is 14.4. The van der Waals surface area contributed by atoms with Crippen LogP contribution in [0.1, 0.15) is 47.8 Å². The van der Waals surface area contributed by atoms with E-state index in [1.165, 1.54) is 12.1 Å². The van der Waals surface area contributed by atoms with E-state index in [4.69, 9.17) is 0 Å². The molecule has 0 aliphatic carbocycles. The van der Waals surface area contributed by atoms with Gasteiger partial charge in [-0.2, -0.15) is 0 Å². The van der Waals surface area contributed by atoms with E-state index in [0.29, 0.717) is 49.4 Å². The number of piperidine rings is 1. The molecular formula is C23H24F2N4O2. The van der Waals surface area contributed by atoms with E-state index < -0.39 is 11.6 Å². The summed E-state index contributed by atoms with van der Waals surface area (Å²) in [4.78, 5) is 21.2. The Kier molecular flexibility index (Phi) is 5.09. The van der Waals surface area contributed by atoms with Crippen LogP contribution in [0, 0.1) is 11.6 Å². The van der Waals surface area contributed by atoms with Gasteiger partial charge in [-0.05, 0) is 56.0 Å². The number of aliphatic hydroxyl groups excluding tert-OH is 1. The van der Waals surface area contributed by atoms with Crippen molar-refractivity contribution < 1.29 is 18.7 Å². The molecule has 0 bridgehead atoms. The lowest BCUT2D eigenvalue weighted by Crippen LogP contribution is -2.40. The molecule has 2 aliphatic rings. The van der Waals surface area contributed by atoms with E-state index >= 15 is 0 Å². The zero-order valence-electron chi connectivity index (χ0n) is 17.0. The molecule has 1 aromatic carbocycles. The van der Waals surface area contributed by atoms with Gasteiger partial charge in [0, 0.05) is 31.4 Å². The van der Waals surface area contributed by atoms with Crippen molar-refractivity contribution in [2.75, 3.05) is 24.5 Å². The molecule has 1 amide bonds. The quantitative estimate of drug-likeness (QED) is 0.696. The molecule has 5 rings (SSSR count). The van der Waals surface area contributed by atoms with Crippen molar-refractivity contribution in [3.8, 4) is 0 Å². The summed E-state index contributed by atoms with van der Waals surface area (Å²) in [6.07, 6.45) is 5.80. The van der Waals surface area contributed by atoms with E-state index in [9.17, 15) is 18.7 Å². The molecule has 8 heteroatoms. The second-order valence-electron chi connectivity index (χ2n) is 8.30. The number of hydrogen-bond acceptors (Lipinski definition) is 4. The topological polar surface area (TPSA) is 61.1 Å². The maximum absolute atomic E-state index is 14.4. The molecule has 31 heavy (non-hydrogen) atoms. The Hall–Kier alpha value is -3.00. The zero-order chi connectivity index (χ0) is 21.5. The molecule has 4 heterocycles. The summed E-state index contributed by atoms with van der Waals surface area (Å²) in [5, 5.41) is 9.71. The van der Waals surface area contributed by atoms with E-state index in [1.807, 2.05) is 18.3 Å². The van der Waals surface area contributed by atoms with Crippen LogP contribution in [0.2, 0.25) is 0 Å². The fourth-order valence-corrected chi connectivity index (χ4v) is 4.70. The molecule has 0 spiro atoms. The van der Waals surface area contributed by atoms with Crippen molar-refractivity contribution in [1.82, 2.24) is 14.3 Å². The van der Waals surface area contributed by atoms with Crippen molar-refractivity contribution in [2.45, 2.75) is 37.8 Å². The fourth-order valence-electron chi connectivity index (χ4n) is 4.70. The minimum absolute atomic E-state index is 0.120. The SMILES string of the molecule is O=C(c1cnc2ccc(N3CCCC3c3cc(F)ccc3F)cn12)N1CCC(O)CC1. The number of halogens is 2. The number of fused-ring (bicyclic) bond motifs is 1. The number of amides is 1. The Labute approximate surface area is 178 Å². The normalized spacial score (nSPS) is 20.0. The van der Waals surface area contributed by atoms with Gasteiger partial charge in [0.25, 0.3) is 5.91 Å². The van der Waals surface area contributed by atoms with Gasteiger partial charge in [0.1, 0.15) is 23.0 Å². The summed E-state index contributed by atoms with van der Waals surface area (Å²) in [5.74, 6) is -0.983. The summed E-state index contributed by atoms with van der Waals surface area (Å²) < 4.78 is 30.0. The van der Waals surface area contributed by atoms with E-state index in [1.54, 1.807) is 15.5 Å². The second-order valence-corrected chi connectivity index (χ2v) is 8.30. The molecule has 162 valence electrons. The molecule has 2 fully saturated rings. The van der Waals surface area contributed by atoms with Gasteiger partial charge in [-0.25, -0.2) is 13.8 Å². The van der Waals surface area contributed by atoms with Crippen molar-refractivity contribution in [3.63, 3.8) is 0 Å². The van der Waals surface area contributed by atoms with Crippen LogP contribution in [-0.4, -0.2) is 51.0 Å². The first-order chi connectivity index (χ1) is 15.0. The van der Waals surface area contributed by atoms with Crippen LogP contribution in [0.25, 0.3) is 5.65 Å². The molecule has 1 N–H and O–H groups in total. The molecule has 2 aliphatic heterocycles. The standard InChI is InChI=1S/C23H24F2N4O2/c24-15-3-5-19(25)18(12-15)20-2-1-9-28(20)16-4-6-22-26-13-21(29(22)14-16)23(31)27-10-7-17(30)8-11-27/h3-6,12-14,17,20,30H,1-2,7-11H2. The van der Waals surface area contributed by atoms with Crippen LogP contribution >= 0.6 is 0 Å². The smallest absolute Gasteiger partial charge is 0.272 e. The summed E-state index contributed by atoms with van der Waals surface area (Å²) >= 11 is 0. The Balaban J connectivity index is 1.47. The molecule has 1 atom stereocenters. The minimum Gasteiger partial charge on any atom is -0.393 e. The fraction of sp³-hybridized carbons (Fsp3) is 0.391. The first-order valence-electron chi connectivity index (χ1n) is 10.7. The van der Waals surface area contributed by atoms with Crippen LogP contribution in [0.15, 0.2) is 42.7 Å². The molecule has 1 unspecified atom stereocenters. The third-order valence-corrected chi connectivity index (χ3v) is 6.36. The Morgan fingerprint density at radius 3 is 2.68 bits per heavy atom. The number of aromatic nitrogens is 2. The average molecular weight is 426 g/mol. The average Bonchev–Trinajstić information content (AvgIpc) is 3.42. The lowest BCUT2D eigenvalue weighted by atomic mass is 10.0. The van der Waals surface area contributed by atoms with Crippen LogP contribution < -0.4 is 4.90 Å². The van der Waals surface area contributed by atoms with Crippen LogP contribution in [-0.2, 0) is 0 Å². The Morgan fingerprint density at radius 2 is 1.87 bits per heavy atom. The number of benzene rings is 1. The van der Waals surface area contributed by atoms with Crippen LogP contribution in [0.5, 0.6) is 0 Å².